The maximum Gasteiger partial charge on any atom is 0.117 e. The smallest absolute Gasteiger partial charge is 0.117 e. The van der Waals surface area contributed by atoms with Crippen LogP contribution in [-0.2, 0) is 0 Å². The summed E-state index contributed by atoms with van der Waals surface area (Å²) in [6, 6.07) is 10.2. The Bertz CT molecular complexity index is 366. The van der Waals surface area contributed by atoms with E-state index < -0.39 is 0 Å². The van der Waals surface area contributed by atoms with Gasteiger partial charge in [0, 0.05) is 10.2 Å². The fourth-order valence-electron chi connectivity index (χ4n) is 1.77. The molecule has 0 amide bonds. The number of hydrogen-bond acceptors (Lipinski definition) is 2. The fourth-order valence-corrected chi connectivity index (χ4v) is 2.17. The van der Waals surface area contributed by atoms with Crippen LogP contribution in [0.1, 0.15) is 26.7 Å². The average molecular weight is 281 g/mol. The second-order valence-electron chi connectivity index (χ2n) is 3.84. The molecule has 0 spiro atoms. The van der Waals surface area contributed by atoms with E-state index in [1.807, 2.05) is 24.3 Å². The molecule has 16 heavy (non-hydrogen) atoms. The second-order valence-corrected chi connectivity index (χ2v) is 4.75. The molecule has 2 nitrogen and oxygen atoms in total. The van der Waals surface area contributed by atoms with E-state index in [9.17, 15) is 0 Å². The number of nitriles is 1. The Kier molecular flexibility index (Phi) is 5.34. The summed E-state index contributed by atoms with van der Waals surface area (Å²) in [5.74, 6) is 0.406. The van der Waals surface area contributed by atoms with E-state index >= 15 is 0 Å². The molecule has 1 aromatic rings. The molecule has 0 heterocycles. The third kappa shape index (κ3) is 3.53. The molecule has 0 aliphatic carbocycles. The van der Waals surface area contributed by atoms with Crippen molar-refractivity contribution in [3.63, 3.8) is 0 Å². The molecule has 3 heteroatoms. The van der Waals surface area contributed by atoms with Crippen LogP contribution in [0.3, 0.4) is 0 Å². The van der Waals surface area contributed by atoms with Gasteiger partial charge in [-0.2, -0.15) is 5.26 Å². The minimum atomic E-state index is -0.107. The van der Waals surface area contributed by atoms with Crippen LogP contribution >= 0.6 is 15.9 Å². The monoisotopic (exact) mass is 280 g/mol. The first kappa shape index (κ1) is 13.1. The first-order valence-corrected chi connectivity index (χ1v) is 6.42. The molecule has 1 unspecified atom stereocenters. The molecule has 0 saturated heterocycles. The summed E-state index contributed by atoms with van der Waals surface area (Å²) in [6.45, 7) is 4.25. The van der Waals surface area contributed by atoms with E-state index in [1.165, 1.54) is 0 Å². The van der Waals surface area contributed by atoms with E-state index in [-0.39, 0.29) is 6.04 Å². The van der Waals surface area contributed by atoms with Crippen molar-refractivity contribution in [1.82, 2.24) is 0 Å². The molecule has 1 N–H and O–H groups in total. The van der Waals surface area contributed by atoms with Gasteiger partial charge in [0.15, 0.2) is 0 Å². The summed E-state index contributed by atoms with van der Waals surface area (Å²) in [7, 11) is 0. The van der Waals surface area contributed by atoms with Crippen molar-refractivity contribution < 1.29 is 0 Å². The van der Waals surface area contributed by atoms with Gasteiger partial charge in [0.25, 0.3) is 0 Å². The van der Waals surface area contributed by atoms with Gasteiger partial charge in [0.05, 0.1) is 6.07 Å². The third-order valence-corrected chi connectivity index (χ3v) is 3.30. The zero-order chi connectivity index (χ0) is 12.0. The number of halogens is 1. The summed E-state index contributed by atoms with van der Waals surface area (Å²) in [5.41, 5.74) is 0.993. The standard InChI is InChI=1S/C13H17BrN2/c1-3-10(4-2)13(9-15)16-12-7-5-6-11(14)8-12/h5-8,10,13,16H,3-4H2,1-2H3. The predicted octanol–water partition coefficient (Wildman–Crippen LogP) is 4.19. The van der Waals surface area contributed by atoms with Gasteiger partial charge in [0.1, 0.15) is 6.04 Å². The van der Waals surface area contributed by atoms with Crippen molar-refractivity contribution in [2.24, 2.45) is 5.92 Å². The van der Waals surface area contributed by atoms with Gasteiger partial charge in [-0.3, -0.25) is 0 Å². The lowest BCUT2D eigenvalue weighted by Crippen LogP contribution is -2.26. The van der Waals surface area contributed by atoms with Crippen molar-refractivity contribution in [3.05, 3.63) is 28.7 Å². The van der Waals surface area contributed by atoms with Crippen molar-refractivity contribution in [3.8, 4) is 6.07 Å². The second kappa shape index (κ2) is 6.55. The summed E-state index contributed by atoms with van der Waals surface area (Å²) in [4.78, 5) is 0. The molecule has 1 atom stereocenters. The van der Waals surface area contributed by atoms with Gasteiger partial charge in [0.2, 0.25) is 0 Å². The van der Waals surface area contributed by atoms with Crippen molar-refractivity contribution >= 4 is 21.6 Å². The highest BCUT2D eigenvalue weighted by Crippen LogP contribution is 2.20. The van der Waals surface area contributed by atoms with Gasteiger partial charge in [-0.1, -0.05) is 48.7 Å². The van der Waals surface area contributed by atoms with Gasteiger partial charge < -0.3 is 5.32 Å². The maximum atomic E-state index is 9.17. The van der Waals surface area contributed by atoms with E-state index in [4.69, 9.17) is 5.26 Å². The summed E-state index contributed by atoms with van der Waals surface area (Å²) in [5, 5.41) is 12.4. The highest BCUT2D eigenvalue weighted by atomic mass is 79.9. The Hall–Kier alpha value is -1.01. The minimum absolute atomic E-state index is 0.107. The quantitative estimate of drug-likeness (QED) is 0.878. The third-order valence-electron chi connectivity index (χ3n) is 2.81. The maximum absolute atomic E-state index is 9.17. The predicted molar refractivity (Wildman–Crippen MR) is 71.2 cm³/mol. The number of nitrogens with zero attached hydrogens (tertiary/aromatic N) is 1. The van der Waals surface area contributed by atoms with Gasteiger partial charge in [-0.05, 0) is 24.1 Å². The zero-order valence-electron chi connectivity index (χ0n) is 9.70. The molecule has 86 valence electrons. The minimum Gasteiger partial charge on any atom is -0.370 e. The molecule has 1 rings (SSSR count). The van der Waals surface area contributed by atoms with Gasteiger partial charge >= 0.3 is 0 Å². The Balaban J connectivity index is 2.74. The van der Waals surface area contributed by atoms with Crippen LogP contribution in [0.15, 0.2) is 28.7 Å². The van der Waals surface area contributed by atoms with Crippen LogP contribution in [0.4, 0.5) is 5.69 Å². The molecule has 0 aliphatic heterocycles. The lowest BCUT2D eigenvalue weighted by Gasteiger charge is -2.21. The van der Waals surface area contributed by atoms with Crippen LogP contribution < -0.4 is 5.32 Å². The van der Waals surface area contributed by atoms with E-state index in [0.29, 0.717) is 5.92 Å². The van der Waals surface area contributed by atoms with Crippen molar-refractivity contribution in [1.29, 1.82) is 5.26 Å². The molecule has 0 saturated carbocycles. The summed E-state index contributed by atoms with van der Waals surface area (Å²) >= 11 is 3.42. The van der Waals surface area contributed by atoms with E-state index in [1.54, 1.807) is 0 Å². The van der Waals surface area contributed by atoms with Crippen LogP contribution in [0, 0.1) is 17.2 Å². The topological polar surface area (TPSA) is 35.8 Å². The number of rotatable bonds is 5. The highest BCUT2D eigenvalue weighted by molar-refractivity contribution is 9.10. The molecule has 0 fully saturated rings. The number of anilines is 1. The van der Waals surface area contributed by atoms with Gasteiger partial charge in [-0.15, -0.1) is 0 Å². The summed E-state index contributed by atoms with van der Waals surface area (Å²) in [6.07, 6.45) is 2.05. The van der Waals surface area contributed by atoms with Gasteiger partial charge in [-0.25, -0.2) is 0 Å². The lowest BCUT2D eigenvalue weighted by atomic mass is 9.95. The molecular weight excluding hydrogens is 264 g/mol. The highest BCUT2D eigenvalue weighted by Gasteiger charge is 2.17. The Morgan fingerprint density at radius 2 is 2.06 bits per heavy atom. The number of benzene rings is 1. The Morgan fingerprint density at radius 3 is 2.56 bits per heavy atom. The molecule has 1 aromatic carbocycles. The summed E-state index contributed by atoms with van der Waals surface area (Å²) < 4.78 is 1.03. The van der Waals surface area contributed by atoms with Crippen molar-refractivity contribution in [2.45, 2.75) is 32.7 Å². The average Bonchev–Trinajstić information content (AvgIpc) is 2.29. The van der Waals surface area contributed by atoms with Crippen molar-refractivity contribution in [2.75, 3.05) is 5.32 Å². The van der Waals surface area contributed by atoms with Crippen LogP contribution in [0.25, 0.3) is 0 Å². The molecular formula is C13H17BrN2. The fraction of sp³-hybridized carbons (Fsp3) is 0.462. The van der Waals surface area contributed by atoms with Crippen LogP contribution in [0.5, 0.6) is 0 Å². The Labute approximate surface area is 106 Å². The molecule has 0 bridgehead atoms. The molecule has 0 aliphatic rings. The zero-order valence-corrected chi connectivity index (χ0v) is 11.3. The first-order chi connectivity index (χ1) is 7.71. The van der Waals surface area contributed by atoms with Crippen LogP contribution in [0.2, 0.25) is 0 Å². The molecule has 0 aromatic heterocycles. The Morgan fingerprint density at radius 1 is 1.38 bits per heavy atom. The van der Waals surface area contributed by atoms with E-state index in [2.05, 4.69) is 41.2 Å². The normalized spacial score (nSPS) is 12.2. The van der Waals surface area contributed by atoms with Crippen LogP contribution in [-0.4, -0.2) is 6.04 Å². The van der Waals surface area contributed by atoms with E-state index in [0.717, 1.165) is 23.0 Å². The lowest BCUT2D eigenvalue weighted by molar-refractivity contribution is 0.469. The first-order valence-electron chi connectivity index (χ1n) is 5.63. The molecule has 0 radical (unpaired) electrons. The number of nitrogens with one attached hydrogen (secondary N) is 1. The number of hydrogen-bond donors (Lipinski definition) is 1. The largest absolute Gasteiger partial charge is 0.370 e. The SMILES string of the molecule is CCC(CC)C(C#N)Nc1cccc(Br)c1.